The Labute approximate surface area is 102 Å². The third-order valence-electron chi connectivity index (χ3n) is 2.70. The molecule has 0 aliphatic rings. The number of rotatable bonds is 6. The number of hydrogen-bond acceptors (Lipinski definition) is 2. The molecule has 3 nitrogen and oxygen atoms in total. The van der Waals surface area contributed by atoms with Gasteiger partial charge in [0, 0.05) is 12.6 Å². The lowest BCUT2D eigenvalue weighted by Gasteiger charge is -2.17. The van der Waals surface area contributed by atoms with E-state index in [1.165, 1.54) is 5.56 Å². The summed E-state index contributed by atoms with van der Waals surface area (Å²) in [5.74, 6) is -0.919. The number of carboxylic acid groups (broad SMARTS) is 1. The number of aliphatic carboxylic acids is 1. The SMILES string of the molecule is CCN(CC)Cc1ccc(C=CC(=O)O)cc1. The van der Waals surface area contributed by atoms with E-state index in [9.17, 15) is 4.79 Å². The Morgan fingerprint density at radius 1 is 1.24 bits per heavy atom. The summed E-state index contributed by atoms with van der Waals surface area (Å²) in [6.07, 6.45) is 2.75. The first-order valence-corrected chi connectivity index (χ1v) is 5.88. The van der Waals surface area contributed by atoms with Crippen LogP contribution >= 0.6 is 0 Å². The number of nitrogens with zero attached hydrogens (tertiary/aromatic N) is 1. The summed E-state index contributed by atoms with van der Waals surface area (Å²) in [5.41, 5.74) is 2.16. The van der Waals surface area contributed by atoms with Crippen LogP contribution in [0.25, 0.3) is 6.08 Å². The van der Waals surface area contributed by atoms with E-state index in [0.29, 0.717) is 0 Å². The first-order chi connectivity index (χ1) is 8.15. The zero-order valence-corrected chi connectivity index (χ0v) is 10.4. The van der Waals surface area contributed by atoms with Gasteiger partial charge in [0.05, 0.1) is 0 Å². The Morgan fingerprint density at radius 3 is 2.29 bits per heavy atom. The fourth-order valence-electron chi connectivity index (χ4n) is 1.61. The van der Waals surface area contributed by atoms with Crippen molar-refractivity contribution in [3.63, 3.8) is 0 Å². The average Bonchev–Trinajstić information content (AvgIpc) is 2.34. The normalized spacial score (nSPS) is 11.2. The maximum absolute atomic E-state index is 10.4. The number of benzene rings is 1. The Bertz CT molecular complexity index is 378. The van der Waals surface area contributed by atoms with Crippen LogP contribution in [-0.4, -0.2) is 29.1 Å². The molecule has 1 aromatic rings. The largest absolute Gasteiger partial charge is 0.478 e. The maximum atomic E-state index is 10.4. The van der Waals surface area contributed by atoms with Crippen molar-refractivity contribution in [2.75, 3.05) is 13.1 Å². The summed E-state index contributed by atoms with van der Waals surface area (Å²) in [6.45, 7) is 7.31. The molecular formula is C14H19NO2. The van der Waals surface area contributed by atoms with Gasteiger partial charge in [0.15, 0.2) is 0 Å². The zero-order valence-electron chi connectivity index (χ0n) is 10.4. The van der Waals surface area contributed by atoms with Gasteiger partial charge >= 0.3 is 5.97 Å². The standard InChI is InChI=1S/C14H19NO2/c1-3-15(4-2)11-13-7-5-12(6-8-13)9-10-14(16)17/h5-10H,3-4,11H2,1-2H3,(H,16,17). The van der Waals surface area contributed by atoms with Gasteiger partial charge in [-0.3, -0.25) is 4.90 Å². The van der Waals surface area contributed by atoms with Crippen molar-refractivity contribution in [3.8, 4) is 0 Å². The molecule has 0 heterocycles. The van der Waals surface area contributed by atoms with E-state index < -0.39 is 5.97 Å². The van der Waals surface area contributed by atoms with Crippen LogP contribution in [0.4, 0.5) is 0 Å². The van der Waals surface area contributed by atoms with Crippen molar-refractivity contribution in [3.05, 3.63) is 41.5 Å². The van der Waals surface area contributed by atoms with Crippen molar-refractivity contribution < 1.29 is 9.90 Å². The number of carboxylic acids is 1. The predicted octanol–water partition coefficient (Wildman–Crippen LogP) is 2.63. The molecule has 0 aliphatic carbocycles. The molecule has 0 atom stereocenters. The second-order valence-corrected chi connectivity index (χ2v) is 3.87. The molecule has 0 saturated heterocycles. The fraction of sp³-hybridized carbons (Fsp3) is 0.357. The van der Waals surface area contributed by atoms with Crippen LogP contribution in [0.5, 0.6) is 0 Å². The van der Waals surface area contributed by atoms with Crippen molar-refractivity contribution in [1.29, 1.82) is 0 Å². The molecule has 1 aromatic carbocycles. The molecular weight excluding hydrogens is 214 g/mol. The fourth-order valence-corrected chi connectivity index (χ4v) is 1.61. The van der Waals surface area contributed by atoms with Gasteiger partial charge in [0.2, 0.25) is 0 Å². The van der Waals surface area contributed by atoms with E-state index >= 15 is 0 Å². The molecule has 0 aromatic heterocycles. The van der Waals surface area contributed by atoms with Crippen LogP contribution in [0, 0.1) is 0 Å². The second kappa shape index (κ2) is 6.86. The molecule has 0 unspecified atom stereocenters. The molecule has 0 radical (unpaired) electrons. The molecule has 3 heteroatoms. The van der Waals surface area contributed by atoms with Crippen molar-refractivity contribution in [2.45, 2.75) is 20.4 Å². The molecule has 0 aliphatic heterocycles. The highest BCUT2D eigenvalue weighted by Crippen LogP contribution is 2.08. The first-order valence-electron chi connectivity index (χ1n) is 5.88. The Balaban J connectivity index is 2.64. The summed E-state index contributed by atoms with van der Waals surface area (Å²) >= 11 is 0. The lowest BCUT2D eigenvalue weighted by Crippen LogP contribution is -2.21. The average molecular weight is 233 g/mol. The molecule has 0 saturated carbocycles. The lowest BCUT2D eigenvalue weighted by atomic mass is 10.1. The van der Waals surface area contributed by atoms with E-state index in [1.807, 2.05) is 24.3 Å². The summed E-state index contributed by atoms with van der Waals surface area (Å²) in [6, 6.07) is 7.97. The highest BCUT2D eigenvalue weighted by atomic mass is 16.4. The van der Waals surface area contributed by atoms with Crippen LogP contribution in [0.3, 0.4) is 0 Å². The zero-order chi connectivity index (χ0) is 12.7. The van der Waals surface area contributed by atoms with Crippen molar-refractivity contribution >= 4 is 12.0 Å². The minimum Gasteiger partial charge on any atom is -0.478 e. The van der Waals surface area contributed by atoms with Gasteiger partial charge < -0.3 is 5.11 Å². The van der Waals surface area contributed by atoms with Crippen LogP contribution in [0.1, 0.15) is 25.0 Å². The van der Waals surface area contributed by atoms with E-state index in [4.69, 9.17) is 5.11 Å². The molecule has 92 valence electrons. The second-order valence-electron chi connectivity index (χ2n) is 3.87. The highest BCUT2D eigenvalue weighted by molar-refractivity contribution is 5.85. The molecule has 0 fully saturated rings. The minimum absolute atomic E-state index is 0.913. The lowest BCUT2D eigenvalue weighted by molar-refractivity contribution is -0.131. The molecule has 17 heavy (non-hydrogen) atoms. The van der Waals surface area contributed by atoms with Crippen molar-refractivity contribution in [1.82, 2.24) is 4.90 Å². The maximum Gasteiger partial charge on any atom is 0.328 e. The Morgan fingerprint density at radius 2 is 1.82 bits per heavy atom. The van der Waals surface area contributed by atoms with E-state index in [1.54, 1.807) is 6.08 Å². The van der Waals surface area contributed by atoms with Crippen LogP contribution < -0.4 is 0 Å². The summed E-state index contributed by atoms with van der Waals surface area (Å²) in [4.78, 5) is 12.7. The minimum atomic E-state index is -0.919. The van der Waals surface area contributed by atoms with Crippen LogP contribution in [0.2, 0.25) is 0 Å². The Kier molecular flexibility index (Phi) is 5.43. The first kappa shape index (κ1) is 13.5. The number of hydrogen-bond donors (Lipinski definition) is 1. The Hall–Kier alpha value is -1.61. The quantitative estimate of drug-likeness (QED) is 0.768. The number of carbonyl (C=O) groups is 1. The van der Waals surface area contributed by atoms with Crippen molar-refractivity contribution in [2.24, 2.45) is 0 Å². The van der Waals surface area contributed by atoms with Gasteiger partial charge in [-0.25, -0.2) is 4.79 Å². The molecule has 1 rings (SSSR count). The molecule has 0 spiro atoms. The van der Waals surface area contributed by atoms with E-state index in [-0.39, 0.29) is 0 Å². The van der Waals surface area contributed by atoms with Crippen LogP contribution in [-0.2, 0) is 11.3 Å². The monoisotopic (exact) mass is 233 g/mol. The van der Waals surface area contributed by atoms with Gasteiger partial charge in [-0.1, -0.05) is 38.1 Å². The summed E-state index contributed by atoms with van der Waals surface area (Å²) in [5, 5.41) is 8.52. The van der Waals surface area contributed by atoms with E-state index in [2.05, 4.69) is 18.7 Å². The molecule has 0 bridgehead atoms. The summed E-state index contributed by atoms with van der Waals surface area (Å²) in [7, 11) is 0. The summed E-state index contributed by atoms with van der Waals surface area (Å²) < 4.78 is 0. The van der Waals surface area contributed by atoms with Gasteiger partial charge in [0.1, 0.15) is 0 Å². The predicted molar refractivity (Wildman–Crippen MR) is 69.7 cm³/mol. The van der Waals surface area contributed by atoms with E-state index in [0.717, 1.165) is 31.3 Å². The van der Waals surface area contributed by atoms with Crippen LogP contribution in [0.15, 0.2) is 30.3 Å². The molecule has 1 N–H and O–H groups in total. The third-order valence-corrected chi connectivity index (χ3v) is 2.70. The third kappa shape index (κ3) is 4.83. The van der Waals surface area contributed by atoms with Gasteiger partial charge in [-0.2, -0.15) is 0 Å². The topological polar surface area (TPSA) is 40.5 Å². The van der Waals surface area contributed by atoms with Gasteiger partial charge in [0.25, 0.3) is 0 Å². The smallest absolute Gasteiger partial charge is 0.328 e. The van der Waals surface area contributed by atoms with Gasteiger partial charge in [-0.15, -0.1) is 0 Å². The van der Waals surface area contributed by atoms with Gasteiger partial charge in [-0.05, 0) is 30.3 Å². The highest BCUT2D eigenvalue weighted by Gasteiger charge is 2.00. The molecule has 0 amide bonds.